The predicted molar refractivity (Wildman–Crippen MR) is 58.7 cm³/mol. The van der Waals surface area contributed by atoms with Gasteiger partial charge in [0.1, 0.15) is 0 Å². The number of Topliss-reactive ketones (excluding diaryl/α,β-unsaturated/α-hetero) is 1. The number of hydrogen-bond acceptors (Lipinski definition) is 3. The predicted octanol–water partition coefficient (Wildman–Crippen LogP) is 2.14. The Labute approximate surface area is 93.6 Å². The van der Waals surface area contributed by atoms with Crippen molar-refractivity contribution in [2.45, 2.75) is 18.7 Å². The fraction of sp³-hybridized carbons (Fsp3) is 0.364. The van der Waals surface area contributed by atoms with Crippen molar-refractivity contribution in [3.05, 3.63) is 23.8 Å². The maximum absolute atomic E-state index is 11.3. The van der Waals surface area contributed by atoms with Gasteiger partial charge in [-0.15, -0.1) is 11.6 Å². The van der Waals surface area contributed by atoms with Gasteiger partial charge in [0.2, 0.25) is 0 Å². The zero-order valence-corrected chi connectivity index (χ0v) is 9.41. The summed E-state index contributed by atoms with van der Waals surface area (Å²) in [7, 11) is 1.47. The first kappa shape index (κ1) is 11.9. The van der Waals surface area contributed by atoms with Crippen LogP contribution in [0.15, 0.2) is 18.2 Å². The van der Waals surface area contributed by atoms with Gasteiger partial charge in [-0.3, -0.25) is 4.79 Å². The fourth-order valence-electron chi connectivity index (χ4n) is 1.19. The highest BCUT2D eigenvalue weighted by Crippen LogP contribution is 2.26. The summed E-state index contributed by atoms with van der Waals surface area (Å²) in [5.74, 6) is 0.358. The molecule has 0 aliphatic carbocycles. The van der Waals surface area contributed by atoms with Crippen LogP contribution in [0.5, 0.6) is 11.5 Å². The minimum absolute atomic E-state index is 0.0324. The van der Waals surface area contributed by atoms with Gasteiger partial charge in [-0.2, -0.15) is 0 Å². The van der Waals surface area contributed by atoms with Gasteiger partial charge < -0.3 is 9.84 Å². The number of phenols is 1. The van der Waals surface area contributed by atoms with E-state index in [0.717, 1.165) is 5.56 Å². The monoisotopic (exact) mass is 228 g/mol. The van der Waals surface area contributed by atoms with Gasteiger partial charge >= 0.3 is 0 Å². The second-order valence-electron chi connectivity index (χ2n) is 3.27. The molecule has 0 heterocycles. The number of aromatic hydroxyl groups is 1. The van der Waals surface area contributed by atoms with Crippen molar-refractivity contribution >= 4 is 17.4 Å². The van der Waals surface area contributed by atoms with E-state index < -0.39 is 5.38 Å². The molecule has 1 aromatic rings. The molecule has 0 saturated heterocycles. The normalized spacial score (nSPS) is 12.2. The Morgan fingerprint density at radius 3 is 2.73 bits per heavy atom. The van der Waals surface area contributed by atoms with Crippen LogP contribution in [0.2, 0.25) is 0 Å². The van der Waals surface area contributed by atoms with Crippen LogP contribution in [0.3, 0.4) is 0 Å². The molecule has 82 valence electrons. The summed E-state index contributed by atoms with van der Waals surface area (Å²) in [6, 6.07) is 4.86. The van der Waals surface area contributed by atoms with Crippen LogP contribution >= 0.6 is 11.6 Å². The van der Waals surface area contributed by atoms with Crippen molar-refractivity contribution in [3.63, 3.8) is 0 Å². The standard InChI is InChI=1S/C11H13ClO3/c1-7(12)9(13)5-8-3-4-11(15-2)10(14)6-8/h3-4,6-7,14H,5H2,1-2H3. The number of hydrogen-bond donors (Lipinski definition) is 1. The molecule has 1 rings (SSSR count). The number of rotatable bonds is 4. The molecule has 0 aromatic heterocycles. The van der Waals surface area contributed by atoms with Crippen LogP contribution in [0.4, 0.5) is 0 Å². The number of alkyl halides is 1. The SMILES string of the molecule is COc1ccc(CC(=O)C(C)Cl)cc1O. The van der Waals surface area contributed by atoms with Crippen LogP contribution in [0.25, 0.3) is 0 Å². The Balaban J connectivity index is 2.80. The van der Waals surface area contributed by atoms with E-state index in [1.165, 1.54) is 13.2 Å². The van der Waals surface area contributed by atoms with Crippen LogP contribution in [-0.2, 0) is 11.2 Å². The van der Waals surface area contributed by atoms with E-state index in [1.807, 2.05) is 0 Å². The van der Waals surface area contributed by atoms with Gasteiger partial charge in [0, 0.05) is 6.42 Å². The second kappa shape index (κ2) is 5.03. The van der Waals surface area contributed by atoms with Crippen molar-refractivity contribution in [3.8, 4) is 11.5 Å². The number of ether oxygens (including phenoxy) is 1. The van der Waals surface area contributed by atoms with Crippen LogP contribution < -0.4 is 4.74 Å². The second-order valence-corrected chi connectivity index (χ2v) is 3.92. The Kier molecular flexibility index (Phi) is 3.97. The first-order chi connectivity index (χ1) is 7.04. The maximum Gasteiger partial charge on any atom is 0.160 e. The molecule has 0 saturated carbocycles. The quantitative estimate of drug-likeness (QED) is 0.804. The molecular weight excluding hydrogens is 216 g/mol. The summed E-state index contributed by atoms with van der Waals surface area (Å²) < 4.78 is 4.89. The summed E-state index contributed by atoms with van der Waals surface area (Å²) in [4.78, 5) is 11.3. The van der Waals surface area contributed by atoms with Crippen molar-refractivity contribution in [1.82, 2.24) is 0 Å². The molecule has 3 nitrogen and oxygen atoms in total. The van der Waals surface area contributed by atoms with E-state index >= 15 is 0 Å². The summed E-state index contributed by atoms with van der Waals surface area (Å²) in [5.41, 5.74) is 0.728. The van der Waals surface area contributed by atoms with Crippen LogP contribution in [0.1, 0.15) is 12.5 Å². The van der Waals surface area contributed by atoms with Crippen molar-refractivity contribution < 1.29 is 14.6 Å². The van der Waals surface area contributed by atoms with E-state index in [4.69, 9.17) is 16.3 Å². The lowest BCUT2D eigenvalue weighted by molar-refractivity contribution is -0.117. The largest absolute Gasteiger partial charge is 0.504 e. The van der Waals surface area contributed by atoms with Crippen LogP contribution in [-0.4, -0.2) is 23.4 Å². The summed E-state index contributed by atoms with van der Waals surface area (Å²) in [6.45, 7) is 1.63. The van der Waals surface area contributed by atoms with E-state index in [0.29, 0.717) is 5.75 Å². The number of carbonyl (C=O) groups is 1. The number of benzene rings is 1. The highest BCUT2D eigenvalue weighted by Gasteiger charge is 2.11. The molecule has 0 radical (unpaired) electrons. The molecule has 1 aromatic carbocycles. The lowest BCUT2D eigenvalue weighted by atomic mass is 10.1. The summed E-state index contributed by atoms with van der Waals surface area (Å²) in [5, 5.41) is 8.97. The minimum atomic E-state index is -0.505. The molecule has 0 aliphatic heterocycles. The molecule has 1 atom stereocenters. The van der Waals surface area contributed by atoms with Gasteiger partial charge in [0.15, 0.2) is 17.3 Å². The fourth-order valence-corrected chi connectivity index (χ4v) is 1.26. The lowest BCUT2D eigenvalue weighted by Gasteiger charge is -2.06. The number of carbonyl (C=O) groups excluding carboxylic acids is 1. The minimum Gasteiger partial charge on any atom is -0.504 e. The number of ketones is 1. The first-order valence-corrected chi connectivity index (χ1v) is 5.01. The van der Waals surface area contributed by atoms with E-state index in [2.05, 4.69) is 0 Å². The lowest BCUT2D eigenvalue weighted by Crippen LogP contribution is -2.12. The molecule has 4 heteroatoms. The van der Waals surface area contributed by atoms with Gasteiger partial charge in [0.05, 0.1) is 12.5 Å². The third-order valence-corrected chi connectivity index (χ3v) is 2.31. The summed E-state index contributed by atoms with van der Waals surface area (Å²) >= 11 is 5.64. The number of methoxy groups -OCH3 is 1. The topological polar surface area (TPSA) is 46.5 Å². The van der Waals surface area contributed by atoms with E-state index in [1.54, 1.807) is 19.1 Å². The average Bonchev–Trinajstić information content (AvgIpc) is 2.18. The molecule has 0 spiro atoms. The zero-order valence-electron chi connectivity index (χ0n) is 8.66. The molecule has 15 heavy (non-hydrogen) atoms. The van der Waals surface area contributed by atoms with Crippen molar-refractivity contribution in [1.29, 1.82) is 0 Å². The molecular formula is C11H13ClO3. The number of phenolic OH excluding ortho intramolecular Hbond substituents is 1. The number of halogens is 1. The van der Waals surface area contributed by atoms with Crippen molar-refractivity contribution in [2.75, 3.05) is 7.11 Å². The Bertz CT molecular complexity index is 361. The zero-order chi connectivity index (χ0) is 11.4. The first-order valence-electron chi connectivity index (χ1n) is 4.57. The molecule has 0 aliphatic rings. The van der Waals surface area contributed by atoms with E-state index in [9.17, 15) is 9.90 Å². The maximum atomic E-state index is 11.3. The highest BCUT2D eigenvalue weighted by atomic mass is 35.5. The van der Waals surface area contributed by atoms with E-state index in [-0.39, 0.29) is 18.0 Å². The van der Waals surface area contributed by atoms with Crippen molar-refractivity contribution in [2.24, 2.45) is 0 Å². The van der Waals surface area contributed by atoms with Gasteiger partial charge in [-0.05, 0) is 24.6 Å². The Morgan fingerprint density at radius 2 is 2.27 bits per heavy atom. The van der Waals surface area contributed by atoms with Crippen LogP contribution in [0, 0.1) is 0 Å². The Morgan fingerprint density at radius 1 is 1.60 bits per heavy atom. The third kappa shape index (κ3) is 3.13. The van der Waals surface area contributed by atoms with Gasteiger partial charge in [0.25, 0.3) is 0 Å². The molecule has 0 bridgehead atoms. The average molecular weight is 229 g/mol. The smallest absolute Gasteiger partial charge is 0.160 e. The molecule has 0 amide bonds. The molecule has 1 N–H and O–H groups in total. The highest BCUT2D eigenvalue weighted by molar-refractivity contribution is 6.30. The Hall–Kier alpha value is -1.22. The molecule has 1 unspecified atom stereocenters. The third-order valence-electron chi connectivity index (χ3n) is 2.07. The van der Waals surface area contributed by atoms with Gasteiger partial charge in [-0.25, -0.2) is 0 Å². The summed E-state index contributed by atoms with van der Waals surface area (Å²) in [6.07, 6.45) is 0.224. The van der Waals surface area contributed by atoms with Gasteiger partial charge in [-0.1, -0.05) is 6.07 Å². The molecule has 0 fully saturated rings.